The van der Waals surface area contributed by atoms with E-state index in [9.17, 15) is 9.59 Å². The molecule has 0 radical (unpaired) electrons. The lowest BCUT2D eigenvalue weighted by Gasteiger charge is -2.23. The molecule has 0 saturated carbocycles. The molecular weight excluding hydrogens is 238 g/mol. The Labute approximate surface area is 104 Å². The van der Waals surface area contributed by atoms with E-state index in [4.69, 9.17) is 0 Å². The van der Waals surface area contributed by atoms with Gasteiger partial charge in [-0.15, -0.1) is 0 Å². The lowest BCUT2D eigenvalue weighted by atomic mass is 10.2. The van der Waals surface area contributed by atoms with Crippen LogP contribution in [0.25, 0.3) is 0 Å². The van der Waals surface area contributed by atoms with Gasteiger partial charge in [0, 0.05) is 17.1 Å². The lowest BCUT2D eigenvalue weighted by molar-refractivity contribution is -0.126. The molecule has 0 spiro atoms. The summed E-state index contributed by atoms with van der Waals surface area (Å²) in [4.78, 5) is 27.8. The molecular formula is C11H15N3O2S. The normalized spacial score (nSPS) is 18.4. The quantitative estimate of drug-likeness (QED) is 0.773. The Bertz CT molecular complexity index is 430. The summed E-state index contributed by atoms with van der Waals surface area (Å²) < 4.78 is 4.00. The first-order valence-electron chi connectivity index (χ1n) is 5.55. The maximum Gasteiger partial charge on any atom is 0.328 e. The molecule has 6 heteroatoms. The molecule has 17 heavy (non-hydrogen) atoms. The third-order valence-electron chi connectivity index (χ3n) is 2.91. The molecule has 1 aromatic heterocycles. The third kappa shape index (κ3) is 2.04. The van der Waals surface area contributed by atoms with E-state index in [2.05, 4.69) is 4.37 Å². The van der Waals surface area contributed by atoms with Crippen molar-refractivity contribution in [3.8, 4) is 0 Å². The standard InChI is InChI=1S/C11H15N3O2S/c1-7(2)13-6-10(15)14(11(13)16)8(3)9-4-5-12-17-9/h4-5,7-8H,6H2,1-3H3. The largest absolute Gasteiger partial charge is 0.328 e. The number of nitrogens with zero attached hydrogens (tertiary/aromatic N) is 3. The Morgan fingerprint density at radius 3 is 2.53 bits per heavy atom. The first-order valence-corrected chi connectivity index (χ1v) is 6.33. The molecule has 0 aromatic carbocycles. The van der Waals surface area contributed by atoms with Crippen LogP contribution in [0.15, 0.2) is 12.3 Å². The van der Waals surface area contributed by atoms with Crippen molar-refractivity contribution in [2.24, 2.45) is 0 Å². The van der Waals surface area contributed by atoms with E-state index < -0.39 is 0 Å². The highest BCUT2D eigenvalue weighted by molar-refractivity contribution is 7.05. The van der Waals surface area contributed by atoms with E-state index in [1.54, 1.807) is 11.1 Å². The second kappa shape index (κ2) is 4.44. The van der Waals surface area contributed by atoms with Crippen molar-refractivity contribution in [1.82, 2.24) is 14.2 Å². The van der Waals surface area contributed by atoms with Gasteiger partial charge in [-0.3, -0.25) is 9.69 Å². The van der Waals surface area contributed by atoms with Gasteiger partial charge in [-0.25, -0.2) is 9.17 Å². The van der Waals surface area contributed by atoms with Gasteiger partial charge < -0.3 is 4.90 Å². The molecule has 1 aliphatic heterocycles. The van der Waals surface area contributed by atoms with Crippen LogP contribution in [0.5, 0.6) is 0 Å². The number of hydrogen-bond acceptors (Lipinski definition) is 4. The summed E-state index contributed by atoms with van der Waals surface area (Å²) >= 11 is 1.32. The summed E-state index contributed by atoms with van der Waals surface area (Å²) in [5.41, 5.74) is 0. The highest BCUT2D eigenvalue weighted by Crippen LogP contribution is 2.28. The molecule has 2 rings (SSSR count). The minimum absolute atomic E-state index is 0.0464. The molecule has 2 heterocycles. The molecule has 3 amide bonds. The highest BCUT2D eigenvalue weighted by atomic mass is 32.1. The van der Waals surface area contributed by atoms with Crippen molar-refractivity contribution in [2.45, 2.75) is 32.9 Å². The van der Waals surface area contributed by atoms with Gasteiger partial charge >= 0.3 is 6.03 Å². The lowest BCUT2D eigenvalue weighted by Crippen LogP contribution is -2.37. The van der Waals surface area contributed by atoms with Crippen LogP contribution in [-0.4, -0.2) is 38.7 Å². The molecule has 1 atom stereocenters. The maximum atomic E-state index is 12.1. The molecule has 1 aliphatic rings. The highest BCUT2D eigenvalue weighted by Gasteiger charge is 2.40. The van der Waals surface area contributed by atoms with Crippen molar-refractivity contribution < 1.29 is 9.59 Å². The van der Waals surface area contributed by atoms with E-state index in [1.165, 1.54) is 16.4 Å². The monoisotopic (exact) mass is 253 g/mol. The van der Waals surface area contributed by atoms with Crippen LogP contribution in [0.2, 0.25) is 0 Å². The average Bonchev–Trinajstić information content (AvgIpc) is 2.86. The van der Waals surface area contributed by atoms with E-state index >= 15 is 0 Å². The van der Waals surface area contributed by atoms with E-state index in [-0.39, 0.29) is 30.6 Å². The zero-order valence-electron chi connectivity index (χ0n) is 10.1. The van der Waals surface area contributed by atoms with Crippen LogP contribution >= 0.6 is 11.5 Å². The minimum atomic E-state index is -0.230. The summed E-state index contributed by atoms with van der Waals surface area (Å²) in [5.74, 6) is -0.135. The Hall–Kier alpha value is -1.43. The molecule has 92 valence electrons. The predicted molar refractivity (Wildman–Crippen MR) is 64.6 cm³/mol. The molecule has 0 aliphatic carbocycles. The molecule has 1 fully saturated rings. The van der Waals surface area contributed by atoms with Crippen LogP contribution in [0.1, 0.15) is 31.7 Å². The van der Waals surface area contributed by atoms with Crippen LogP contribution in [0.4, 0.5) is 4.79 Å². The Kier molecular flexibility index (Phi) is 3.15. The Morgan fingerprint density at radius 1 is 1.35 bits per heavy atom. The van der Waals surface area contributed by atoms with Gasteiger partial charge in [-0.2, -0.15) is 0 Å². The minimum Gasteiger partial charge on any atom is -0.313 e. The smallest absolute Gasteiger partial charge is 0.313 e. The summed E-state index contributed by atoms with van der Waals surface area (Å²) in [6, 6.07) is 1.45. The van der Waals surface area contributed by atoms with Crippen molar-refractivity contribution in [1.29, 1.82) is 0 Å². The second-order valence-corrected chi connectivity index (χ2v) is 5.22. The van der Waals surface area contributed by atoms with Crippen LogP contribution in [0.3, 0.4) is 0 Å². The van der Waals surface area contributed by atoms with E-state index in [0.29, 0.717) is 0 Å². The number of urea groups is 1. The van der Waals surface area contributed by atoms with Gasteiger partial charge in [0.2, 0.25) is 0 Å². The second-order valence-electron chi connectivity index (χ2n) is 4.36. The predicted octanol–water partition coefficient (Wildman–Crippen LogP) is 1.88. The Morgan fingerprint density at radius 2 is 2.06 bits per heavy atom. The fourth-order valence-corrected chi connectivity index (χ4v) is 2.51. The summed E-state index contributed by atoms with van der Waals surface area (Å²) in [7, 11) is 0. The number of rotatable bonds is 3. The molecule has 5 nitrogen and oxygen atoms in total. The van der Waals surface area contributed by atoms with Crippen LogP contribution < -0.4 is 0 Å². The zero-order valence-corrected chi connectivity index (χ0v) is 10.9. The van der Waals surface area contributed by atoms with Crippen molar-refractivity contribution in [3.05, 3.63) is 17.1 Å². The average molecular weight is 253 g/mol. The number of carbonyl (C=O) groups excluding carboxylic acids is 2. The molecule has 1 saturated heterocycles. The van der Waals surface area contributed by atoms with E-state index in [1.807, 2.05) is 26.8 Å². The first-order chi connectivity index (χ1) is 8.02. The molecule has 0 N–H and O–H groups in total. The number of hydrogen-bond donors (Lipinski definition) is 0. The van der Waals surface area contributed by atoms with Gasteiger partial charge in [-0.1, -0.05) is 0 Å². The van der Waals surface area contributed by atoms with Gasteiger partial charge in [0.15, 0.2) is 0 Å². The Balaban J connectivity index is 2.22. The SMILES string of the molecule is CC(C)N1CC(=O)N(C(C)c2ccns2)C1=O. The summed E-state index contributed by atoms with van der Waals surface area (Å²) in [5, 5.41) is 0. The molecule has 1 unspecified atom stereocenters. The van der Waals surface area contributed by atoms with Crippen molar-refractivity contribution >= 4 is 23.5 Å². The fraction of sp³-hybridized carbons (Fsp3) is 0.545. The zero-order chi connectivity index (χ0) is 12.6. The van der Waals surface area contributed by atoms with Gasteiger partial charge in [0.25, 0.3) is 5.91 Å². The number of aromatic nitrogens is 1. The third-order valence-corrected chi connectivity index (χ3v) is 3.82. The van der Waals surface area contributed by atoms with Crippen LogP contribution in [0, 0.1) is 0 Å². The van der Waals surface area contributed by atoms with Gasteiger partial charge in [0.05, 0.1) is 6.04 Å². The van der Waals surface area contributed by atoms with Gasteiger partial charge in [0.1, 0.15) is 6.54 Å². The van der Waals surface area contributed by atoms with E-state index in [0.717, 1.165) is 4.88 Å². The van der Waals surface area contributed by atoms with Crippen molar-refractivity contribution in [3.63, 3.8) is 0 Å². The fourth-order valence-electron chi connectivity index (χ4n) is 1.89. The summed E-state index contributed by atoms with van der Waals surface area (Å²) in [6.45, 7) is 5.85. The number of carbonyl (C=O) groups is 2. The first kappa shape index (κ1) is 12.0. The van der Waals surface area contributed by atoms with Crippen LogP contribution in [-0.2, 0) is 4.79 Å². The van der Waals surface area contributed by atoms with Crippen molar-refractivity contribution in [2.75, 3.05) is 6.54 Å². The molecule has 0 bridgehead atoms. The number of imide groups is 1. The van der Waals surface area contributed by atoms with Gasteiger partial charge in [-0.05, 0) is 38.4 Å². The summed E-state index contributed by atoms with van der Waals surface area (Å²) in [6.07, 6.45) is 1.68. The maximum absolute atomic E-state index is 12.1. The topological polar surface area (TPSA) is 53.5 Å². The number of amides is 3. The molecule has 1 aromatic rings.